The second kappa shape index (κ2) is 13.2. The molecule has 0 bridgehead atoms. The molecule has 0 unspecified atom stereocenters. The molecule has 0 radical (unpaired) electrons. The Morgan fingerprint density at radius 1 is 0.255 bits per heavy atom. The van der Waals surface area contributed by atoms with Gasteiger partial charge in [-0.05, 0) is 95.1 Å². The molecule has 8 aromatic carbocycles. The van der Waals surface area contributed by atoms with Gasteiger partial charge in [0.2, 0.25) is 0 Å². The van der Waals surface area contributed by atoms with E-state index < -0.39 is 0 Å². The van der Waals surface area contributed by atoms with E-state index in [-0.39, 0.29) is 0 Å². The minimum atomic E-state index is 0.860. The Morgan fingerprint density at radius 2 is 0.686 bits per heavy atom. The van der Waals surface area contributed by atoms with Gasteiger partial charge in [-0.1, -0.05) is 127 Å². The lowest BCUT2D eigenvalue weighted by molar-refractivity contribution is 0.669. The largest absolute Gasteiger partial charge is 0.456 e. The maximum Gasteiger partial charge on any atom is 0.137 e. The Morgan fingerprint density at radius 3 is 1.29 bits per heavy atom. The van der Waals surface area contributed by atoms with Crippen LogP contribution in [0.5, 0.6) is 0 Å². The van der Waals surface area contributed by atoms with Crippen LogP contribution in [0.4, 0.5) is 34.1 Å². The maximum absolute atomic E-state index is 6.39. The van der Waals surface area contributed by atoms with Gasteiger partial charge >= 0.3 is 0 Å². The fraction of sp³-hybridized carbons (Fsp3) is 0. The monoisotopic (exact) mass is 654 g/mol. The van der Waals surface area contributed by atoms with Crippen LogP contribution in [0.15, 0.2) is 211 Å². The average Bonchev–Trinajstić information content (AvgIpc) is 3.58. The molecule has 0 fully saturated rings. The maximum atomic E-state index is 6.39. The van der Waals surface area contributed by atoms with E-state index in [2.05, 4.69) is 204 Å². The molecule has 3 heteroatoms. The summed E-state index contributed by atoms with van der Waals surface area (Å²) in [5.41, 5.74) is 12.7. The summed E-state index contributed by atoms with van der Waals surface area (Å²) >= 11 is 0. The average molecular weight is 655 g/mol. The summed E-state index contributed by atoms with van der Waals surface area (Å²) in [7, 11) is 0. The SMILES string of the molecule is c1ccc(-c2ccc(N(c3ccccc3)c3cc(-c4ccccc4)cc(N(c4ccccc4)c4ccc5c(c4)oc4ccccc45)c3)cc2)cc1. The zero-order chi connectivity index (χ0) is 34.0. The lowest BCUT2D eigenvalue weighted by atomic mass is 10.0. The molecule has 0 spiro atoms. The summed E-state index contributed by atoms with van der Waals surface area (Å²) in [6, 6.07) is 72.8. The molecule has 0 amide bonds. The van der Waals surface area contributed by atoms with E-state index in [0.29, 0.717) is 0 Å². The Bertz CT molecular complexity index is 2560. The first kappa shape index (κ1) is 30.2. The van der Waals surface area contributed by atoms with Gasteiger partial charge in [-0.3, -0.25) is 0 Å². The van der Waals surface area contributed by atoms with Crippen molar-refractivity contribution in [2.45, 2.75) is 0 Å². The topological polar surface area (TPSA) is 19.6 Å². The minimum Gasteiger partial charge on any atom is -0.456 e. The van der Waals surface area contributed by atoms with Gasteiger partial charge in [-0.25, -0.2) is 0 Å². The zero-order valence-electron chi connectivity index (χ0n) is 27.9. The van der Waals surface area contributed by atoms with Gasteiger partial charge in [0.05, 0.1) is 0 Å². The molecule has 0 N–H and O–H groups in total. The van der Waals surface area contributed by atoms with Gasteiger partial charge in [0.15, 0.2) is 0 Å². The molecule has 0 atom stereocenters. The highest BCUT2D eigenvalue weighted by Crippen LogP contribution is 2.44. The van der Waals surface area contributed by atoms with Crippen LogP contribution >= 0.6 is 0 Å². The predicted molar refractivity (Wildman–Crippen MR) is 214 cm³/mol. The van der Waals surface area contributed by atoms with Crippen molar-refractivity contribution in [3.8, 4) is 22.3 Å². The molecular formula is C48H34N2O. The smallest absolute Gasteiger partial charge is 0.137 e. The van der Waals surface area contributed by atoms with Crippen molar-refractivity contribution in [1.29, 1.82) is 0 Å². The van der Waals surface area contributed by atoms with Gasteiger partial charge in [0.1, 0.15) is 11.2 Å². The van der Waals surface area contributed by atoms with Crippen molar-refractivity contribution in [2.24, 2.45) is 0 Å². The minimum absolute atomic E-state index is 0.860. The lowest BCUT2D eigenvalue weighted by Gasteiger charge is -2.30. The van der Waals surface area contributed by atoms with Gasteiger partial charge in [0, 0.05) is 51.0 Å². The van der Waals surface area contributed by atoms with E-state index in [4.69, 9.17) is 4.42 Å². The molecule has 242 valence electrons. The Labute approximate surface area is 297 Å². The highest BCUT2D eigenvalue weighted by atomic mass is 16.3. The number of fused-ring (bicyclic) bond motifs is 3. The van der Waals surface area contributed by atoms with Crippen molar-refractivity contribution < 1.29 is 4.42 Å². The predicted octanol–water partition coefficient (Wildman–Crippen LogP) is 13.9. The summed E-state index contributed by atoms with van der Waals surface area (Å²) in [6.07, 6.45) is 0. The van der Waals surface area contributed by atoms with Crippen LogP contribution < -0.4 is 9.80 Å². The van der Waals surface area contributed by atoms with E-state index in [1.807, 2.05) is 12.1 Å². The fourth-order valence-electron chi connectivity index (χ4n) is 6.99. The van der Waals surface area contributed by atoms with Crippen LogP contribution in [-0.4, -0.2) is 0 Å². The summed E-state index contributed by atoms with van der Waals surface area (Å²) in [6.45, 7) is 0. The fourth-order valence-corrected chi connectivity index (χ4v) is 6.99. The molecule has 0 aliphatic heterocycles. The zero-order valence-corrected chi connectivity index (χ0v) is 27.9. The summed E-state index contributed by atoms with van der Waals surface area (Å²) in [5, 5.41) is 2.23. The first-order valence-electron chi connectivity index (χ1n) is 17.3. The molecule has 9 aromatic rings. The number of nitrogens with zero attached hydrogens (tertiary/aromatic N) is 2. The second-order valence-electron chi connectivity index (χ2n) is 12.6. The summed E-state index contributed by atoms with van der Waals surface area (Å²) in [5.74, 6) is 0. The Balaban J connectivity index is 1.25. The van der Waals surface area contributed by atoms with Crippen LogP contribution in [0.25, 0.3) is 44.2 Å². The van der Waals surface area contributed by atoms with Crippen molar-refractivity contribution in [1.82, 2.24) is 0 Å². The van der Waals surface area contributed by atoms with E-state index in [1.54, 1.807) is 0 Å². The first-order chi connectivity index (χ1) is 25.3. The van der Waals surface area contributed by atoms with Crippen LogP contribution in [-0.2, 0) is 0 Å². The van der Waals surface area contributed by atoms with Crippen molar-refractivity contribution >= 4 is 56.1 Å². The lowest BCUT2D eigenvalue weighted by Crippen LogP contribution is -2.13. The van der Waals surface area contributed by atoms with E-state index >= 15 is 0 Å². The van der Waals surface area contributed by atoms with E-state index in [0.717, 1.165) is 67.2 Å². The molecular weight excluding hydrogens is 621 g/mol. The summed E-state index contributed by atoms with van der Waals surface area (Å²) in [4.78, 5) is 4.67. The number of hydrogen-bond donors (Lipinski definition) is 0. The van der Waals surface area contributed by atoms with Crippen LogP contribution in [0, 0.1) is 0 Å². The summed E-state index contributed by atoms with van der Waals surface area (Å²) < 4.78 is 6.39. The number of rotatable bonds is 8. The van der Waals surface area contributed by atoms with Crippen LogP contribution in [0.3, 0.4) is 0 Å². The van der Waals surface area contributed by atoms with Crippen molar-refractivity contribution in [3.63, 3.8) is 0 Å². The normalized spacial score (nSPS) is 11.1. The molecule has 51 heavy (non-hydrogen) atoms. The molecule has 9 rings (SSSR count). The Hall–Kier alpha value is -6.84. The Kier molecular flexibility index (Phi) is 7.84. The van der Waals surface area contributed by atoms with Gasteiger partial charge in [0.25, 0.3) is 0 Å². The second-order valence-corrected chi connectivity index (χ2v) is 12.6. The highest BCUT2D eigenvalue weighted by molar-refractivity contribution is 6.06. The van der Waals surface area contributed by atoms with Crippen LogP contribution in [0.1, 0.15) is 0 Å². The van der Waals surface area contributed by atoms with Gasteiger partial charge in [-0.15, -0.1) is 0 Å². The third kappa shape index (κ3) is 5.92. The number of furan rings is 1. The van der Waals surface area contributed by atoms with E-state index in [1.165, 1.54) is 11.1 Å². The molecule has 3 nitrogen and oxygen atoms in total. The van der Waals surface area contributed by atoms with Crippen molar-refractivity contribution in [2.75, 3.05) is 9.80 Å². The van der Waals surface area contributed by atoms with Gasteiger partial charge < -0.3 is 14.2 Å². The third-order valence-electron chi connectivity index (χ3n) is 9.41. The molecule has 0 aliphatic rings. The number of hydrogen-bond acceptors (Lipinski definition) is 3. The molecule has 1 heterocycles. The third-order valence-corrected chi connectivity index (χ3v) is 9.41. The number of benzene rings is 8. The molecule has 0 saturated heterocycles. The van der Waals surface area contributed by atoms with Crippen molar-refractivity contribution in [3.05, 3.63) is 206 Å². The highest BCUT2D eigenvalue weighted by Gasteiger charge is 2.20. The first-order valence-corrected chi connectivity index (χ1v) is 17.3. The van der Waals surface area contributed by atoms with E-state index in [9.17, 15) is 0 Å². The number of para-hydroxylation sites is 3. The molecule has 0 saturated carbocycles. The quantitative estimate of drug-likeness (QED) is 0.163. The van der Waals surface area contributed by atoms with Crippen LogP contribution in [0.2, 0.25) is 0 Å². The standard InChI is InChI=1S/C48H34N2O/c1-5-15-35(16-6-1)37-25-27-41(28-26-37)49(39-19-9-3-10-20-39)43-31-38(36-17-7-2-8-18-36)32-44(33-43)50(40-21-11-4-12-22-40)42-29-30-46-45-23-13-14-24-47(45)51-48(46)34-42/h1-34H. The van der Waals surface area contributed by atoms with Gasteiger partial charge in [-0.2, -0.15) is 0 Å². The number of anilines is 6. The molecule has 0 aliphatic carbocycles. The molecule has 1 aromatic heterocycles.